The highest BCUT2D eigenvalue weighted by Crippen LogP contribution is 2.23. The summed E-state index contributed by atoms with van der Waals surface area (Å²) < 4.78 is 15.8. The number of nitrogens with zero attached hydrogens (tertiary/aromatic N) is 1. The molecule has 0 unspecified atom stereocenters. The summed E-state index contributed by atoms with van der Waals surface area (Å²) in [6.45, 7) is 8.16. The molecule has 2 rings (SSSR count). The summed E-state index contributed by atoms with van der Waals surface area (Å²) in [6, 6.07) is 0.738. The minimum Gasteiger partial charge on any atom is -0.382 e. The van der Waals surface area contributed by atoms with Crippen molar-refractivity contribution >= 4 is 0 Å². The SMILES string of the molecule is COCCOCCOCCN1C[C@@H]2CCN[C@@H]2C1. The lowest BCUT2D eigenvalue weighted by molar-refractivity contribution is 0.0204. The molecule has 18 heavy (non-hydrogen) atoms. The molecule has 0 aromatic rings. The summed E-state index contributed by atoms with van der Waals surface area (Å²) in [5.41, 5.74) is 0. The van der Waals surface area contributed by atoms with Crippen LogP contribution in [-0.4, -0.2) is 77.3 Å². The molecule has 0 saturated carbocycles. The molecule has 0 aromatic carbocycles. The number of fused-ring (bicyclic) bond motifs is 1. The molecule has 2 atom stereocenters. The molecule has 0 aromatic heterocycles. The first kappa shape index (κ1) is 14.2. The lowest BCUT2D eigenvalue weighted by atomic mass is 10.1. The van der Waals surface area contributed by atoms with Gasteiger partial charge in [0.1, 0.15) is 0 Å². The van der Waals surface area contributed by atoms with Gasteiger partial charge in [-0.05, 0) is 18.9 Å². The number of likely N-dealkylation sites (tertiary alicyclic amines) is 1. The maximum Gasteiger partial charge on any atom is 0.0701 e. The van der Waals surface area contributed by atoms with Gasteiger partial charge in [0.05, 0.1) is 33.0 Å². The van der Waals surface area contributed by atoms with Crippen molar-refractivity contribution in [2.24, 2.45) is 5.92 Å². The zero-order chi connectivity index (χ0) is 12.6. The molecule has 2 heterocycles. The lowest BCUT2D eigenvalue weighted by Crippen LogP contribution is -2.32. The van der Waals surface area contributed by atoms with Gasteiger partial charge in [-0.25, -0.2) is 0 Å². The third-order valence-electron chi connectivity index (χ3n) is 3.79. The average molecular weight is 258 g/mol. The summed E-state index contributed by atoms with van der Waals surface area (Å²) in [7, 11) is 1.68. The molecule has 2 saturated heterocycles. The number of nitrogens with one attached hydrogen (secondary N) is 1. The Bertz CT molecular complexity index is 216. The molecule has 5 nitrogen and oxygen atoms in total. The molecule has 0 radical (unpaired) electrons. The van der Waals surface area contributed by atoms with Crippen LogP contribution < -0.4 is 5.32 Å². The molecule has 1 N–H and O–H groups in total. The van der Waals surface area contributed by atoms with Crippen LogP contribution in [-0.2, 0) is 14.2 Å². The summed E-state index contributed by atoms with van der Waals surface area (Å²) in [6.07, 6.45) is 1.34. The van der Waals surface area contributed by atoms with Gasteiger partial charge in [0, 0.05) is 32.8 Å². The maximum absolute atomic E-state index is 5.57. The molecule has 0 spiro atoms. The first-order valence-corrected chi connectivity index (χ1v) is 7.00. The predicted molar refractivity (Wildman–Crippen MR) is 69.9 cm³/mol. The average Bonchev–Trinajstić information content (AvgIpc) is 2.93. The van der Waals surface area contributed by atoms with Crippen LogP contribution in [0.2, 0.25) is 0 Å². The Labute approximate surface area is 110 Å². The Balaban J connectivity index is 1.40. The molecule has 0 bridgehead atoms. The smallest absolute Gasteiger partial charge is 0.0701 e. The second-order valence-corrected chi connectivity index (χ2v) is 5.09. The normalized spacial score (nSPS) is 27.8. The number of hydrogen-bond acceptors (Lipinski definition) is 5. The van der Waals surface area contributed by atoms with E-state index in [9.17, 15) is 0 Å². The van der Waals surface area contributed by atoms with Gasteiger partial charge in [0.2, 0.25) is 0 Å². The van der Waals surface area contributed by atoms with Crippen molar-refractivity contribution in [2.75, 3.05) is 66.3 Å². The van der Waals surface area contributed by atoms with Crippen LogP contribution in [0.4, 0.5) is 0 Å². The molecular weight excluding hydrogens is 232 g/mol. The van der Waals surface area contributed by atoms with Crippen molar-refractivity contribution in [1.29, 1.82) is 0 Å². The third kappa shape index (κ3) is 4.48. The summed E-state index contributed by atoms with van der Waals surface area (Å²) in [4.78, 5) is 2.51. The molecule has 106 valence electrons. The number of methoxy groups -OCH3 is 1. The van der Waals surface area contributed by atoms with Gasteiger partial charge in [-0.2, -0.15) is 0 Å². The highest BCUT2D eigenvalue weighted by atomic mass is 16.5. The zero-order valence-corrected chi connectivity index (χ0v) is 11.4. The van der Waals surface area contributed by atoms with Crippen LogP contribution in [0.5, 0.6) is 0 Å². The molecule has 0 aliphatic carbocycles. The number of ether oxygens (including phenoxy) is 3. The Morgan fingerprint density at radius 2 is 1.83 bits per heavy atom. The van der Waals surface area contributed by atoms with E-state index in [1.807, 2.05) is 0 Å². The number of hydrogen-bond donors (Lipinski definition) is 1. The maximum atomic E-state index is 5.57. The van der Waals surface area contributed by atoms with Crippen LogP contribution in [0.3, 0.4) is 0 Å². The van der Waals surface area contributed by atoms with Crippen molar-refractivity contribution < 1.29 is 14.2 Å². The van der Waals surface area contributed by atoms with E-state index in [1.165, 1.54) is 26.1 Å². The van der Waals surface area contributed by atoms with Gasteiger partial charge >= 0.3 is 0 Å². The molecule has 5 heteroatoms. The van der Waals surface area contributed by atoms with Crippen LogP contribution in [0.15, 0.2) is 0 Å². The van der Waals surface area contributed by atoms with Crippen LogP contribution >= 0.6 is 0 Å². The predicted octanol–water partition coefficient (Wildman–Crippen LogP) is -0.0403. The molecule has 2 aliphatic heterocycles. The molecule has 0 amide bonds. The summed E-state index contributed by atoms with van der Waals surface area (Å²) in [5.74, 6) is 0.877. The molecular formula is C13H26N2O3. The van der Waals surface area contributed by atoms with Crippen LogP contribution in [0.1, 0.15) is 6.42 Å². The van der Waals surface area contributed by atoms with E-state index in [1.54, 1.807) is 7.11 Å². The summed E-state index contributed by atoms with van der Waals surface area (Å²) >= 11 is 0. The number of rotatable bonds is 9. The first-order valence-electron chi connectivity index (χ1n) is 7.00. The van der Waals surface area contributed by atoms with Crippen molar-refractivity contribution in [3.05, 3.63) is 0 Å². The Morgan fingerprint density at radius 1 is 1.06 bits per heavy atom. The molecule has 2 fully saturated rings. The third-order valence-corrected chi connectivity index (χ3v) is 3.79. The van der Waals surface area contributed by atoms with Crippen LogP contribution in [0, 0.1) is 5.92 Å². The Kier molecular flexibility index (Phi) is 6.37. The van der Waals surface area contributed by atoms with Gasteiger partial charge in [-0.1, -0.05) is 0 Å². The minimum atomic E-state index is 0.654. The fourth-order valence-electron chi connectivity index (χ4n) is 2.78. The largest absolute Gasteiger partial charge is 0.382 e. The van der Waals surface area contributed by atoms with Crippen molar-refractivity contribution in [3.8, 4) is 0 Å². The van der Waals surface area contributed by atoms with Gasteiger partial charge in [0.15, 0.2) is 0 Å². The van der Waals surface area contributed by atoms with E-state index in [2.05, 4.69) is 10.2 Å². The monoisotopic (exact) mass is 258 g/mol. The van der Waals surface area contributed by atoms with E-state index in [0.29, 0.717) is 26.4 Å². The topological polar surface area (TPSA) is 43.0 Å². The lowest BCUT2D eigenvalue weighted by Gasteiger charge is -2.16. The van der Waals surface area contributed by atoms with Crippen molar-refractivity contribution in [2.45, 2.75) is 12.5 Å². The summed E-state index contributed by atoms with van der Waals surface area (Å²) in [5, 5.41) is 3.56. The minimum absolute atomic E-state index is 0.654. The Morgan fingerprint density at radius 3 is 2.61 bits per heavy atom. The zero-order valence-electron chi connectivity index (χ0n) is 11.4. The van der Waals surface area contributed by atoms with Gasteiger partial charge in [-0.15, -0.1) is 0 Å². The fourth-order valence-corrected chi connectivity index (χ4v) is 2.78. The van der Waals surface area contributed by atoms with Crippen molar-refractivity contribution in [1.82, 2.24) is 10.2 Å². The van der Waals surface area contributed by atoms with Gasteiger partial charge < -0.3 is 19.5 Å². The van der Waals surface area contributed by atoms with E-state index >= 15 is 0 Å². The van der Waals surface area contributed by atoms with E-state index in [-0.39, 0.29) is 0 Å². The van der Waals surface area contributed by atoms with E-state index < -0.39 is 0 Å². The standard InChI is InChI=1S/C13H26N2O3/c1-16-6-7-18-9-8-17-5-4-15-10-12-2-3-14-13(12)11-15/h12-14H,2-11H2,1H3/t12-,13+/m0/s1. The van der Waals surface area contributed by atoms with Crippen LogP contribution in [0.25, 0.3) is 0 Å². The Hall–Kier alpha value is -0.200. The van der Waals surface area contributed by atoms with E-state index in [0.717, 1.165) is 25.1 Å². The van der Waals surface area contributed by atoms with E-state index in [4.69, 9.17) is 14.2 Å². The first-order chi connectivity index (χ1) is 8.90. The van der Waals surface area contributed by atoms with Crippen molar-refractivity contribution in [3.63, 3.8) is 0 Å². The van der Waals surface area contributed by atoms with Gasteiger partial charge in [-0.3, -0.25) is 4.90 Å². The second-order valence-electron chi connectivity index (χ2n) is 5.09. The highest BCUT2D eigenvalue weighted by molar-refractivity contribution is 4.93. The highest BCUT2D eigenvalue weighted by Gasteiger charge is 2.35. The molecule has 2 aliphatic rings. The van der Waals surface area contributed by atoms with Gasteiger partial charge in [0.25, 0.3) is 0 Å². The second kappa shape index (κ2) is 8.07. The quantitative estimate of drug-likeness (QED) is 0.588. The fraction of sp³-hybridized carbons (Fsp3) is 1.00.